The molecule has 2 aromatic rings. The van der Waals surface area contributed by atoms with Crippen LogP contribution >= 0.6 is 0 Å². The summed E-state index contributed by atoms with van der Waals surface area (Å²) in [4.78, 5) is 27.7. The van der Waals surface area contributed by atoms with Crippen LogP contribution in [0.5, 0.6) is 0 Å². The standard InChI is InChI=1S/C17H15N3O2/c1-11(21)14-8-15(20-16(9-14)17(22)19-2)7-12-3-5-13(10-18)6-4-12/h3-6,8-9H,7H2,1-2H3,(H,19,22). The molecule has 22 heavy (non-hydrogen) atoms. The van der Waals surface area contributed by atoms with E-state index in [1.807, 2.05) is 12.1 Å². The van der Waals surface area contributed by atoms with Gasteiger partial charge in [0.2, 0.25) is 0 Å². The monoisotopic (exact) mass is 293 g/mol. The van der Waals surface area contributed by atoms with Crippen LogP contribution in [0.3, 0.4) is 0 Å². The van der Waals surface area contributed by atoms with Crippen molar-refractivity contribution in [2.24, 2.45) is 0 Å². The van der Waals surface area contributed by atoms with E-state index in [0.29, 0.717) is 23.2 Å². The van der Waals surface area contributed by atoms with E-state index in [9.17, 15) is 9.59 Å². The van der Waals surface area contributed by atoms with Gasteiger partial charge >= 0.3 is 0 Å². The first-order valence-corrected chi connectivity index (χ1v) is 6.76. The molecule has 1 aromatic heterocycles. The highest BCUT2D eigenvalue weighted by Gasteiger charge is 2.11. The molecule has 1 heterocycles. The van der Waals surface area contributed by atoms with Crippen LogP contribution < -0.4 is 5.32 Å². The van der Waals surface area contributed by atoms with Gasteiger partial charge in [-0.3, -0.25) is 9.59 Å². The van der Waals surface area contributed by atoms with E-state index in [1.165, 1.54) is 20.0 Å². The Labute approximate surface area is 128 Å². The number of nitrogens with zero attached hydrogens (tertiary/aromatic N) is 2. The third-order valence-corrected chi connectivity index (χ3v) is 3.21. The highest BCUT2D eigenvalue weighted by Crippen LogP contribution is 2.13. The minimum Gasteiger partial charge on any atom is -0.354 e. The molecule has 0 saturated carbocycles. The Morgan fingerprint density at radius 1 is 1.23 bits per heavy atom. The summed E-state index contributed by atoms with van der Waals surface area (Å²) in [7, 11) is 1.52. The normalized spacial score (nSPS) is 9.86. The van der Waals surface area contributed by atoms with Gasteiger partial charge in [0.15, 0.2) is 5.78 Å². The highest BCUT2D eigenvalue weighted by atomic mass is 16.1. The van der Waals surface area contributed by atoms with Crippen molar-refractivity contribution >= 4 is 11.7 Å². The van der Waals surface area contributed by atoms with E-state index < -0.39 is 0 Å². The first-order valence-electron chi connectivity index (χ1n) is 6.76. The quantitative estimate of drug-likeness (QED) is 0.875. The number of amides is 1. The Balaban J connectivity index is 2.36. The summed E-state index contributed by atoms with van der Waals surface area (Å²) in [6, 6.07) is 12.4. The van der Waals surface area contributed by atoms with Crippen LogP contribution in [0.25, 0.3) is 0 Å². The summed E-state index contributed by atoms with van der Waals surface area (Å²) in [5.41, 5.74) is 2.85. The fraction of sp³-hybridized carbons (Fsp3) is 0.176. The Morgan fingerprint density at radius 3 is 2.45 bits per heavy atom. The summed E-state index contributed by atoms with van der Waals surface area (Å²) in [6.45, 7) is 1.45. The maximum atomic E-state index is 11.8. The molecule has 0 aliphatic heterocycles. The van der Waals surface area contributed by atoms with Gasteiger partial charge in [-0.15, -0.1) is 0 Å². The molecule has 0 spiro atoms. The maximum absolute atomic E-state index is 11.8. The molecule has 1 aromatic carbocycles. The minimum absolute atomic E-state index is 0.117. The number of hydrogen-bond acceptors (Lipinski definition) is 4. The summed E-state index contributed by atoms with van der Waals surface area (Å²) in [5, 5.41) is 11.3. The number of rotatable bonds is 4. The Hall–Kier alpha value is -3.00. The van der Waals surface area contributed by atoms with Gasteiger partial charge in [0.1, 0.15) is 5.69 Å². The number of carbonyl (C=O) groups is 2. The maximum Gasteiger partial charge on any atom is 0.269 e. The van der Waals surface area contributed by atoms with Crippen LogP contribution in [0, 0.1) is 11.3 Å². The first kappa shape index (κ1) is 15.4. The average Bonchev–Trinajstić information content (AvgIpc) is 2.54. The Bertz CT molecular complexity index is 758. The SMILES string of the molecule is CNC(=O)c1cc(C(C)=O)cc(Cc2ccc(C#N)cc2)n1. The molecule has 5 nitrogen and oxygen atoms in total. The lowest BCUT2D eigenvalue weighted by Gasteiger charge is -2.07. The number of benzene rings is 1. The molecule has 0 aliphatic carbocycles. The zero-order chi connectivity index (χ0) is 16.1. The molecule has 0 unspecified atom stereocenters. The summed E-state index contributed by atoms with van der Waals surface area (Å²) in [5.74, 6) is -0.446. The third kappa shape index (κ3) is 3.55. The molecule has 110 valence electrons. The second kappa shape index (κ2) is 6.64. The molecule has 0 fully saturated rings. The summed E-state index contributed by atoms with van der Waals surface area (Å²) < 4.78 is 0. The van der Waals surface area contributed by atoms with Crippen LogP contribution in [0.2, 0.25) is 0 Å². The van der Waals surface area contributed by atoms with E-state index in [4.69, 9.17) is 5.26 Å². The van der Waals surface area contributed by atoms with Crippen molar-refractivity contribution in [1.29, 1.82) is 5.26 Å². The van der Waals surface area contributed by atoms with Gasteiger partial charge in [-0.1, -0.05) is 12.1 Å². The van der Waals surface area contributed by atoms with Gasteiger partial charge in [0.25, 0.3) is 5.91 Å². The molecule has 0 atom stereocenters. The molecular formula is C17H15N3O2. The number of nitriles is 1. The predicted molar refractivity (Wildman–Crippen MR) is 81.6 cm³/mol. The first-order chi connectivity index (χ1) is 10.5. The van der Waals surface area contributed by atoms with Crippen molar-refractivity contribution in [3.63, 3.8) is 0 Å². The zero-order valence-electron chi connectivity index (χ0n) is 12.4. The molecular weight excluding hydrogens is 278 g/mol. The lowest BCUT2D eigenvalue weighted by atomic mass is 10.0. The van der Waals surface area contributed by atoms with E-state index in [-0.39, 0.29) is 17.4 Å². The fourth-order valence-corrected chi connectivity index (χ4v) is 2.03. The zero-order valence-corrected chi connectivity index (χ0v) is 12.4. The largest absolute Gasteiger partial charge is 0.354 e. The Kier molecular flexibility index (Phi) is 4.64. The third-order valence-electron chi connectivity index (χ3n) is 3.21. The number of carbonyl (C=O) groups excluding carboxylic acids is 2. The van der Waals surface area contributed by atoms with Gasteiger partial charge in [-0.05, 0) is 36.8 Å². The highest BCUT2D eigenvalue weighted by molar-refractivity contribution is 5.98. The van der Waals surface area contributed by atoms with Gasteiger partial charge in [0.05, 0.1) is 11.6 Å². The predicted octanol–water partition coefficient (Wildman–Crippen LogP) is 2.11. The molecule has 2 rings (SSSR count). The van der Waals surface area contributed by atoms with Crippen LogP contribution in [-0.4, -0.2) is 23.7 Å². The van der Waals surface area contributed by atoms with Gasteiger partial charge in [-0.2, -0.15) is 5.26 Å². The molecule has 0 saturated heterocycles. The van der Waals surface area contributed by atoms with Crippen LogP contribution in [0.4, 0.5) is 0 Å². The molecule has 1 amide bonds. The number of nitrogens with one attached hydrogen (secondary N) is 1. The van der Waals surface area contributed by atoms with Crippen molar-refractivity contribution in [3.05, 3.63) is 64.5 Å². The number of pyridine rings is 1. The number of Topliss-reactive ketones (excluding diaryl/α,β-unsaturated/α-hetero) is 1. The molecule has 5 heteroatoms. The van der Waals surface area contributed by atoms with Crippen molar-refractivity contribution in [3.8, 4) is 6.07 Å². The smallest absolute Gasteiger partial charge is 0.269 e. The lowest BCUT2D eigenvalue weighted by Crippen LogP contribution is -2.20. The minimum atomic E-state index is -0.329. The number of hydrogen-bond donors (Lipinski definition) is 1. The Morgan fingerprint density at radius 2 is 1.91 bits per heavy atom. The van der Waals surface area contributed by atoms with Crippen LogP contribution in [0.15, 0.2) is 36.4 Å². The fourth-order valence-electron chi connectivity index (χ4n) is 2.03. The number of ketones is 1. The second-order valence-corrected chi connectivity index (χ2v) is 4.85. The average molecular weight is 293 g/mol. The van der Waals surface area contributed by atoms with E-state index in [0.717, 1.165) is 5.56 Å². The molecule has 0 radical (unpaired) electrons. The lowest BCUT2D eigenvalue weighted by molar-refractivity contribution is 0.0958. The van der Waals surface area contributed by atoms with E-state index in [1.54, 1.807) is 18.2 Å². The van der Waals surface area contributed by atoms with Crippen molar-refractivity contribution in [2.45, 2.75) is 13.3 Å². The molecule has 0 aliphatic rings. The summed E-state index contributed by atoms with van der Waals surface area (Å²) in [6.07, 6.45) is 0.483. The van der Waals surface area contributed by atoms with E-state index >= 15 is 0 Å². The topological polar surface area (TPSA) is 82.9 Å². The van der Waals surface area contributed by atoms with Gasteiger partial charge in [-0.25, -0.2) is 4.98 Å². The van der Waals surface area contributed by atoms with E-state index in [2.05, 4.69) is 16.4 Å². The second-order valence-electron chi connectivity index (χ2n) is 4.85. The summed E-state index contributed by atoms with van der Waals surface area (Å²) >= 11 is 0. The van der Waals surface area contributed by atoms with Crippen LogP contribution in [-0.2, 0) is 6.42 Å². The van der Waals surface area contributed by atoms with Gasteiger partial charge < -0.3 is 5.32 Å². The van der Waals surface area contributed by atoms with Gasteiger partial charge in [0, 0.05) is 24.7 Å². The molecule has 0 bridgehead atoms. The van der Waals surface area contributed by atoms with Crippen molar-refractivity contribution in [1.82, 2.24) is 10.3 Å². The molecule has 1 N–H and O–H groups in total. The number of aromatic nitrogens is 1. The van der Waals surface area contributed by atoms with Crippen LogP contribution in [0.1, 0.15) is 44.6 Å². The van der Waals surface area contributed by atoms with Crippen molar-refractivity contribution in [2.75, 3.05) is 7.05 Å². The van der Waals surface area contributed by atoms with Crippen molar-refractivity contribution < 1.29 is 9.59 Å².